The van der Waals surface area contributed by atoms with E-state index in [0.717, 1.165) is 4.88 Å². The monoisotopic (exact) mass is 233 g/mol. The Hall–Kier alpha value is -0.580. The van der Waals surface area contributed by atoms with Gasteiger partial charge in [0.05, 0.1) is 24.1 Å². The molecule has 1 heterocycles. The van der Waals surface area contributed by atoms with E-state index >= 15 is 0 Å². The third-order valence-corrected chi connectivity index (χ3v) is 3.16. The van der Waals surface area contributed by atoms with Gasteiger partial charge in [-0.3, -0.25) is 4.79 Å². The predicted molar refractivity (Wildman–Crippen MR) is 57.5 cm³/mol. The van der Waals surface area contributed by atoms with Crippen LogP contribution in [-0.4, -0.2) is 12.6 Å². The number of ether oxygens (including phenoxy) is 1. The van der Waals surface area contributed by atoms with Crippen LogP contribution in [0.3, 0.4) is 0 Å². The van der Waals surface area contributed by atoms with E-state index in [4.69, 9.17) is 22.1 Å². The second-order valence-corrected chi connectivity index (χ2v) is 4.10. The second-order valence-electron chi connectivity index (χ2n) is 2.75. The molecule has 0 saturated heterocycles. The third kappa shape index (κ3) is 2.97. The molecule has 5 heteroatoms. The van der Waals surface area contributed by atoms with Gasteiger partial charge in [-0.25, -0.2) is 0 Å². The molecule has 0 aliphatic rings. The molecule has 1 atom stereocenters. The van der Waals surface area contributed by atoms with Crippen LogP contribution in [-0.2, 0) is 9.53 Å². The normalized spacial score (nSPS) is 12.5. The lowest BCUT2D eigenvalue weighted by Gasteiger charge is -2.09. The van der Waals surface area contributed by atoms with Gasteiger partial charge in [-0.2, -0.15) is 0 Å². The average molecular weight is 234 g/mol. The molecule has 2 N–H and O–H groups in total. The molecule has 78 valence electrons. The molecule has 0 spiro atoms. The molecule has 1 aromatic rings. The van der Waals surface area contributed by atoms with Crippen LogP contribution in [0.15, 0.2) is 11.4 Å². The highest BCUT2D eigenvalue weighted by molar-refractivity contribution is 7.10. The van der Waals surface area contributed by atoms with Crippen molar-refractivity contribution in [2.45, 2.75) is 19.4 Å². The molecule has 0 aliphatic carbocycles. The summed E-state index contributed by atoms with van der Waals surface area (Å²) < 4.78 is 4.79. The number of carbonyl (C=O) groups is 1. The van der Waals surface area contributed by atoms with Crippen LogP contribution in [0.2, 0.25) is 5.02 Å². The summed E-state index contributed by atoms with van der Waals surface area (Å²) >= 11 is 7.33. The van der Waals surface area contributed by atoms with Crippen LogP contribution in [0.1, 0.15) is 24.3 Å². The van der Waals surface area contributed by atoms with Crippen LogP contribution in [0, 0.1) is 0 Å². The summed E-state index contributed by atoms with van der Waals surface area (Å²) in [5.74, 6) is -0.288. The Bertz CT molecular complexity index is 314. The second kappa shape index (κ2) is 5.34. The maximum absolute atomic E-state index is 11.1. The van der Waals surface area contributed by atoms with Gasteiger partial charge in [-0.05, 0) is 18.4 Å². The first kappa shape index (κ1) is 11.5. The van der Waals surface area contributed by atoms with Gasteiger partial charge in [-0.15, -0.1) is 11.3 Å². The Morgan fingerprint density at radius 2 is 2.50 bits per heavy atom. The minimum absolute atomic E-state index is 0.175. The molecule has 0 amide bonds. The highest BCUT2D eigenvalue weighted by atomic mass is 35.5. The Labute approximate surface area is 91.8 Å². The first-order valence-electron chi connectivity index (χ1n) is 4.29. The molecule has 0 fully saturated rings. The summed E-state index contributed by atoms with van der Waals surface area (Å²) in [6.07, 6.45) is 0.175. The molecule has 0 aliphatic heterocycles. The highest BCUT2D eigenvalue weighted by Gasteiger charge is 2.16. The molecule has 0 unspecified atom stereocenters. The van der Waals surface area contributed by atoms with Crippen molar-refractivity contribution in [3.05, 3.63) is 21.3 Å². The number of halogens is 1. The molecule has 3 nitrogen and oxygen atoms in total. The van der Waals surface area contributed by atoms with Crippen LogP contribution in [0.25, 0.3) is 0 Å². The number of esters is 1. The van der Waals surface area contributed by atoms with Gasteiger partial charge in [0.25, 0.3) is 0 Å². The van der Waals surface area contributed by atoms with Gasteiger partial charge in [0.2, 0.25) is 0 Å². The SMILES string of the molecule is CCOC(=O)C[C@H](N)c1sccc1Cl. The van der Waals surface area contributed by atoms with Crippen LogP contribution in [0.5, 0.6) is 0 Å². The topological polar surface area (TPSA) is 52.3 Å². The fourth-order valence-corrected chi connectivity index (χ4v) is 2.26. The van der Waals surface area contributed by atoms with E-state index in [0.29, 0.717) is 11.6 Å². The van der Waals surface area contributed by atoms with Crippen molar-refractivity contribution in [3.63, 3.8) is 0 Å². The van der Waals surface area contributed by atoms with E-state index in [1.807, 2.05) is 5.38 Å². The van der Waals surface area contributed by atoms with E-state index in [-0.39, 0.29) is 18.4 Å². The van der Waals surface area contributed by atoms with Crippen molar-refractivity contribution >= 4 is 28.9 Å². The number of thiophene rings is 1. The molecule has 1 rings (SSSR count). The Morgan fingerprint density at radius 3 is 3.00 bits per heavy atom. The molecule has 14 heavy (non-hydrogen) atoms. The van der Waals surface area contributed by atoms with E-state index in [1.165, 1.54) is 11.3 Å². The zero-order chi connectivity index (χ0) is 10.6. The van der Waals surface area contributed by atoms with E-state index in [9.17, 15) is 4.79 Å². The number of nitrogens with two attached hydrogens (primary N) is 1. The van der Waals surface area contributed by atoms with Crippen molar-refractivity contribution in [1.82, 2.24) is 0 Å². The summed E-state index contributed by atoms with van der Waals surface area (Å²) in [7, 11) is 0. The fraction of sp³-hybridized carbons (Fsp3) is 0.444. The number of hydrogen-bond donors (Lipinski definition) is 1. The van der Waals surface area contributed by atoms with E-state index in [1.54, 1.807) is 13.0 Å². The summed E-state index contributed by atoms with van der Waals surface area (Å²) in [5, 5.41) is 2.47. The van der Waals surface area contributed by atoms with Crippen LogP contribution < -0.4 is 5.73 Å². The summed E-state index contributed by atoms with van der Waals surface area (Å²) in [5.41, 5.74) is 5.80. The highest BCUT2D eigenvalue weighted by Crippen LogP contribution is 2.28. The zero-order valence-electron chi connectivity index (χ0n) is 7.83. The molecule has 0 bridgehead atoms. The lowest BCUT2D eigenvalue weighted by Crippen LogP contribution is -2.16. The van der Waals surface area contributed by atoms with E-state index in [2.05, 4.69) is 0 Å². The lowest BCUT2D eigenvalue weighted by molar-refractivity contribution is -0.143. The quantitative estimate of drug-likeness (QED) is 0.813. The van der Waals surface area contributed by atoms with Crippen molar-refractivity contribution in [3.8, 4) is 0 Å². The summed E-state index contributed by atoms with van der Waals surface area (Å²) in [4.78, 5) is 12.0. The smallest absolute Gasteiger partial charge is 0.307 e. The maximum atomic E-state index is 11.1. The fourth-order valence-electron chi connectivity index (χ4n) is 1.06. The standard InChI is InChI=1S/C9H12ClNO2S/c1-2-13-8(12)5-7(11)9-6(10)3-4-14-9/h3-4,7H,2,5,11H2,1H3/t7-/m0/s1. The minimum Gasteiger partial charge on any atom is -0.466 e. The van der Waals surface area contributed by atoms with Gasteiger partial charge in [-0.1, -0.05) is 11.6 Å². The maximum Gasteiger partial charge on any atom is 0.307 e. The molecular formula is C9H12ClNO2S. The molecule has 0 radical (unpaired) electrons. The predicted octanol–water partition coefficient (Wildman–Crippen LogP) is 2.35. The van der Waals surface area contributed by atoms with Gasteiger partial charge < -0.3 is 10.5 Å². The van der Waals surface area contributed by atoms with Gasteiger partial charge in [0.1, 0.15) is 0 Å². The van der Waals surface area contributed by atoms with Crippen molar-refractivity contribution in [2.24, 2.45) is 5.73 Å². The molecule has 1 aromatic heterocycles. The lowest BCUT2D eigenvalue weighted by atomic mass is 10.2. The number of hydrogen-bond acceptors (Lipinski definition) is 4. The number of carbonyl (C=O) groups excluding carboxylic acids is 1. The first-order chi connectivity index (χ1) is 6.65. The zero-order valence-corrected chi connectivity index (χ0v) is 9.40. The first-order valence-corrected chi connectivity index (χ1v) is 5.55. The minimum atomic E-state index is -0.360. The third-order valence-electron chi connectivity index (χ3n) is 1.67. The van der Waals surface area contributed by atoms with Crippen LogP contribution in [0.4, 0.5) is 0 Å². The Balaban J connectivity index is 2.54. The molecular weight excluding hydrogens is 222 g/mol. The Morgan fingerprint density at radius 1 is 1.79 bits per heavy atom. The average Bonchev–Trinajstić information content (AvgIpc) is 2.51. The molecule has 0 saturated carbocycles. The van der Waals surface area contributed by atoms with Gasteiger partial charge >= 0.3 is 5.97 Å². The number of rotatable bonds is 4. The van der Waals surface area contributed by atoms with Gasteiger partial charge in [0, 0.05) is 4.88 Å². The van der Waals surface area contributed by atoms with Crippen molar-refractivity contribution in [2.75, 3.05) is 6.61 Å². The van der Waals surface area contributed by atoms with Gasteiger partial charge in [0.15, 0.2) is 0 Å². The van der Waals surface area contributed by atoms with Crippen molar-refractivity contribution in [1.29, 1.82) is 0 Å². The Kier molecular flexibility index (Phi) is 4.38. The summed E-state index contributed by atoms with van der Waals surface area (Å²) in [6.45, 7) is 2.14. The summed E-state index contributed by atoms with van der Waals surface area (Å²) in [6, 6.07) is 1.41. The molecule has 0 aromatic carbocycles. The van der Waals surface area contributed by atoms with Crippen molar-refractivity contribution < 1.29 is 9.53 Å². The van der Waals surface area contributed by atoms with Crippen LogP contribution >= 0.6 is 22.9 Å². The largest absolute Gasteiger partial charge is 0.466 e. The van der Waals surface area contributed by atoms with E-state index < -0.39 is 0 Å².